The fraction of sp³-hybridized carbons (Fsp3) is 0.333. The fourth-order valence-electron chi connectivity index (χ4n) is 3.05. The average Bonchev–Trinajstić information content (AvgIpc) is 3.30. The first kappa shape index (κ1) is 16.9. The van der Waals surface area contributed by atoms with E-state index in [0.717, 1.165) is 15.9 Å². The lowest BCUT2D eigenvalue weighted by molar-refractivity contribution is 0.0761. The molecule has 2 atom stereocenters. The van der Waals surface area contributed by atoms with Gasteiger partial charge >= 0.3 is 0 Å². The number of carbonyl (C=O) groups is 1. The van der Waals surface area contributed by atoms with Gasteiger partial charge in [0.05, 0.1) is 28.1 Å². The van der Waals surface area contributed by atoms with E-state index in [4.69, 9.17) is 0 Å². The quantitative estimate of drug-likeness (QED) is 0.734. The molecular weight excluding hydrogens is 350 g/mol. The van der Waals surface area contributed by atoms with Crippen molar-refractivity contribution in [1.29, 1.82) is 0 Å². The van der Waals surface area contributed by atoms with Crippen LogP contribution in [0, 0.1) is 0 Å². The van der Waals surface area contributed by atoms with E-state index in [0.29, 0.717) is 31.2 Å². The number of aromatic nitrogens is 3. The topological polar surface area (TPSA) is 91.2 Å². The third-order valence-corrected chi connectivity index (χ3v) is 5.34. The maximum atomic E-state index is 12.9. The summed E-state index contributed by atoms with van der Waals surface area (Å²) in [6.07, 6.45) is 1.89. The zero-order valence-corrected chi connectivity index (χ0v) is 15.1. The first-order valence-corrected chi connectivity index (χ1v) is 9.40. The molecule has 0 spiro atoms. The van der Waals surface area contributed by atoms with Crippen molar-refractivity contribution in [1.82, 2.24) is 19.9 Å². The number of thiophene rings is 1. The van der Waals surface area contributed by atoms with Crippen LogP contribution < -0.4 is 5.32 Å². The Labute approximate surface area is 154 Å². The Morgan fingerprint density at radius 3 is 3.00 bits per heavy atom. The number of likely N-dealkylation sites (tertiary alicyclic amines) is 1. The number of carbonyl (C=O) groups excluding carboxylic acids is 1. The van der Waals surface area contributed by atoms with Crippen molar-refractivity contribution in [3.05, 3.63) is 47.2 Å². The van der Waals surface area contributed by atoms with E-state index >= 15 is 0 Å². The van der Waals surface area contributed by atoms with Crippen molar-refractivity contribution < 1.29 is 9.90 Å². The Kier molecular flexibility index (Phi) is 4.52. The SMILES string of the molecule is C[C@H](Nc1nc(C(=O)N2CC[C@@H](O)C2)c2sccc2n1)c1ccccn1. The summed E-state index contributed by atoms with van der Waals surface area (Å²) in [7, 11) is 0. The molecule has 134 valence electrons. The first-order valence-electron chi connectivity index (χ1n) is 8.52. The number of nitrogens with zero attached hydrogens (tertiary/aromatic N) is 4. The number of aliphatic hydroxyl groups excluding tert-OH is 1. The molecule has 1 fully saturated rings. The lowest BCUT2D eigenvalue weighted by Gasteiger charge is -2.17. The van der Waals surface area contributed by atoms with E-state index < -0.39 is 6.10 Å². The van der Waals surface area contributed by atoms with Crippen LogP contribution in [-0.4, -0.2) is 50.1 Å². The number of rotatable bonds is 4. The van der Waals surface area contributed by atoms with Crippen LogP contribution in [0.4, 0.5) is 5.95 Å². The molecule has 3 aromatic heterocycles. The molecule has 26 heavy (non-hydrogen) atoms. The van der Waals surface area contributed by atoms with E-state index in [1.54, 1.807) is 11.1 Å². The summed E-state index contributed by atoms with van der Waals surface area (Å²) in [6, 6.07) is 7.51. The largest absolute Gasteiger partial charge is 0.391 e. The highest BCUT2D eigenvalue weighted by molar-refractivity contribution is 7.17. The van der Waals surface area contributed by atoms with Crippen LogP contribution in [0.5, 0.6) is 0 Å². The molecule has 0 unspecified atom stereocenters. The minimum Gasteiger partial charge on any atom is -0.391 e. The number of aliphatic hydroxyl groups is 1. The van der Waals surface area contributed by atoms with Crippen molar-refractivity contribution in [3.8, 4) is 0 Å². The molecule has 4 rings (SSSR count). The second-order valence-electron chi connectivity index (χ2n) is 6.35. The maximum Gasteiger partial charge on any atom is 0.274 e. The van der Waals surface area contributed by atoms with Crippen LogP contribution >= 0.6 is 11.3 Å². The minimum absolute atomic E-state index is 0.0937. The van der Waals surface area contributed by atoms with E-state index in [-0.39, 0.29) is 11.9 Å². The van der Waals surface area contributed by atoms with Crippen molar-refractivity contribution in [2.24, 2.45) is 0 Å². The number of nitrogens with one attached hydrogen (secondary N) is 1. The molecule has 3 aromatic rings. The van der Waals surface area contributed by atoms with Gasteiger partial charge in [-0.25, -0.2) is 9.97 Å². The van der Waals surface area contributed by atoms with Crippen molar-refractivity contribution in [2.75, 3.05) is 18.4 Å². The summed E-state index contributed by atoms with van der Waals surface area (Å²) in [5, 5.41) is 14.9. The fourth-order valence-corrected chi connectivity index (χ4v) is 3.86. The van der Waals surface area contributed by atoms with Gasteiger partial charge in [0, 0.05) is 19.3 Å². The number of hydrogen-bond donors (Lipinski definition) is 2. The van der Waals surface area contributed by atoms with Gasteiger partial charge in [0.25, 0.3) is 5.91 Å². The second-order valence-corrected chi connectivity index (χ2v) is 7.26. The molecule has 1 amide bonds. The van der Waals surface area contributed by atoms with Crippen LogP contribution in [0.25, 0.3) is 10.2 Å². The van der Waals surface area contributed by atoms with E-state index in [2.05, 4.69) is 20.3 Å². The Morgan fingerprint density at radius 1 is 1.38 bits per heavy atom. The minimum atomic E-state index is -0.457. The number of fused-ring (bicyclic) bond motifs is 1. The van der Waals surface area contributed by atoms with Gasteiger partial charge in [-0.3, -0.25) is 9.78 Å². The third-order valence-electron chi connectivity index (χ3n) is 4.43. The highest BCUT2D eigenvalue weighted by Crippen LogP contribution is 2.27. The third kappa shape index (κ3) is 3.25. The Balaban J connectivity index is 1.65. The standard InChI is InChI=1S/C18H19N5O2S/c1-11(13-4-2-3-7-19-13)20-18-21-14-6-9-26-16(14)15(22-18)17(25)23-8-5-12(24)10-23/h2-4,6-7,9,11-12,24H,5,8,10H2,1H3,(H,20,21,22)/t11-,12+/m0/s1. The zero-order chi connectivity index (χ0) is 18.1. The number of amides is 1. The normalized spacial score (nSPS) is 18.2. The summed E-state index contributed by atoms with van der Waals surface area (Å²) in [6.45, 7) is 2.87. The van der Waals surface area contributed by atoms with Crippen molar-refractivity contribution in [2.45, 2.75) is 25.5 Å². The number of β-amino-alcohol motifs (C(OH)–C–C–N with tert-alkyl or cyclic N) is 1. The summed E-state index contributed by atoms with van der Waals surface area (Å²) < 4.78 is 0.771. The van der Waals surface area contributed by atoms with Gasteiger partial charge in [-0.2, -0.15) is 0 Å². The van der Waals surface area contributed by atoms with Gasteiger partial charge in [-0.05, 0) is 36.9 Å². The number of hydrogen-bond acceptors (Lipinski definition) is 7. The molecule has 0 aliphatic carbocycles. The molecule has 4 heterocycles. The monoisotopic (exact) mass is 369 g/mol. The van der Waals surface area contributed by atoms with Gasteiger partial charge in [-0.1, -0.05) is 6.07 Å². The van der Waals surface area contributed by atoms with Crippen molar-refractivity contribution in [3.63, 3.8) is 0 Å². The van der Waals surface area contributed by atoms with Crippen LogP contribution in [0.15, 0.2) is 35.8 Å². The summed E-state index contributed by atoms with van der Waals surface area (Å²) in [5.74, 6) is 0.238. The van der Waals surface area contributed by atoms with Crippen LogP contribution in [0.3, 0.4) is 0 Å². The number of anilines is 1. The maximum absolute atomic E-state index is 12.9. The molecule has 0 aromatic carbocycles. The molecular formula is C18H19N5O2S. The predicted molar refractivity (Wildman–Crippen MR) is 100 cm³/mol. The molecule has 1 saturated heterocycles. The second kappa shape index (κ2) is 6.97. The Bertz CT molecular complexity index is 930. The van der Waals surface area contributed by atoms with Gasteiger partial charge < -0.3 is 15.3 Å². The van der Waals surface area contributed by atoms with Crippen LogP contribution in [0.2, 0.25) is 0 Å². The Hall–Kier alpha value is -2.58. The average molecular weight is 369 g/mol. The van der Waals surface area contributed by atoms with Gasteiger partial charge in [0.15, 0.2) is 5.69 Å². The summed E-state index contributed by atoms with van der Waals surface area (Å²) in [5.41, 5.74) is 2.00. The molecule has 0 saturated carbocycles. The lowest BCUT2D eigenvalue weighted by Crippen LogP contribution is -2.30. The highest BCUT2D eigenvalue weighted by Gasteiger charge is 2.28. The predicted octanol–water partition coefficient (Wildman–Crippen LogP) is 2.47. The van der Waals surface area contributed by atoms with Crippen LogP contribution in [0.1, 0.15) is 35.6 Å². The van der Waals surface area contributed by atoms with Crippen molar-refractivity contribution >= 4 is 33.4 Å². The molecule has 1 aliphatic heterocycles. The molecule has 7 nitrogen and oxygen atoms in total. The molecule has 0 bridgehead atoms. The van der Waals surface area contributed by atoms with E-state index in [9.17, 15) is 9.90 Å². The molecule has 1 aliphatic rings. The van der Waals surface area contributed by atoms with E-state index in [1.807, 2.05) is 36.6 Å². The number of pyridine rings is 1. The Morgan fingerprint density at radius 2 is 2.27 bits per heavy atom. The molecule has 8 heteroatoms. The van der Waals surface area contributed by atoms with Gasteiger partial charge in [0.1, 0.15) is 0 Å². The molecule has 0 radical (unpaired) electrons. The van der Waals surface area contributed by atoms with E-state index in [1.165, 1.54) is 11.3 Å². The summed E-state index contributed by atoms with van der Waals surface area (Å²) >= 11 is 1.45. The van der Waals surface area contributed by atoms with Crippen LogP contribution in [-0.2, 0) is 0 Å². The van der Waals surface area contributed by atoms with Gasteiger partial charge in [-0.15, -0.1) is 11.3 Å². The highest BCUT2D eigenvalue weighted by atomic mass is 32.1. The zero-order valence-electron chi connectivity index (χ0n) is 14.3. The summed E-state index contributed by atoms with van der Waals surface area (Å²) in [4.78, 5) is 27.9. The van der Waals surface area contributed by atoms with Gasteiger partial charge in [0.2, 0.25) is 5.95 Å². The smallest absolute Gasteiger partial charge is 0.274 e. The molecule has 2 N–H and O–H groups in total. The lowest BCUT2D eigenvalue weighted by atomic mass is 10.2. The first-order chi connectivity index (χ1) is 12.6.